The summed E-state index contributed by atoms with van der Waals surface area (Å²) in [6.07, 6.45) is 2.79. The minimum atomic E-state index is -0.394. The normalized spacial score (nSPS) is 11.2. The summed E-state index contributed by atoms with van der Waals surface area (Å²) in [7, 11) is 0. The molecule has 0 aliphatic rings. The number of hydrogen-bond acceptors (Lipinski definition) is 4. The predicted molar refractivity (Wildman–Crippen MR) is 68.0 cm³/mol. The van der Waals surface area contributed by atoms with Crippen LogP contribution in [0.2, 0.25) is 10.2 Å². The number of aromatic nitrogens is 5. The Morgan fingerprint density at radius 2 is 2.06 bits per heavy atom. The van der Waals surface area contributed by atoms with Gasteiger partial charge in [-0.2, -0.15) is 5.10 Å². The molecule has 0 amide bonds. The molecule has 2 heterocycles. The predicted octanol–water partition coefficient (Wildman–Crippen LogP) is 1.77. The first-order chi connectivity index (χ1) is 8.50. The molecule has 0 fully saturated rings. The lowest BCUT2D eigenvalue weighted by Gasteiger charge is -2.10. The number of halogens is 2. The molecule has 0 radical (unpaired) electrons. The lowest BCUT2D eigenvalue weighted by atomic mass is 10.4. The zero-order valence-electron chi connectivity index (χ0n) is 9.84. The van der Waals surface area contributed by atoms with Crippen LogP contribution in [0.4, 0.5) is 0 Å². The van der Waals surface area contributed by atoms with Gasteiger partial charge in [0.15, 0.2) is 5.15 Å². The van der Waals surface area contributed by atoms with Crippen LogP contribution < -0.4 is 5.56 Å². The quantitative estimate of drug-likeness (QED) is 0.807. The minimum absolute atomic E-state index is 0.00300. The minimum Gasteiger partial charge on any atom is -0.290 e. The molecule has 0 unspecified atom stereocenters. The van der Waals surface area contributed by atoms with E-state index in [0.717, 1.165) is 0 Å². The highest BCUT2D eigenvalue weighted by Gasteiger charge is 2.12. The van der Waals surface area contributed by atoms with Crippen LogP contribution in [0.25, 0.3) is 0 Å². The largest absolute Gasteiger partial charge is 0.290 e. The van der Waals surface area contributed by atoms with E-state index < -0.39 is 5.56 Å². The maximum Gasteiger partial charge on any atom is 0.274 e. The lowest BCUT2D eigenvalue weighted by molar-refractivity contribution is 0.493. The van der Waals surface area contributed by atoms with E-state index in [2.05, 4.69) is 15.1 Å². The Morgan fingerprint density at radius 1 is 1.33 bits per heavy atom. The van der Waals surface area contributed by atoms with Crippen molar-refractivity contribution in [3.63, 3.8) is 0 Å². The highest BCUT2D eigenvalue weighted by atomic mass is 35.5. The monoisotopic (exact) mass is 287 g/mol. The van der Waals surface area contributed by atoms with E-state index in [-0.39, 0.29) is 22.8 Å². The first-order valence-corrected chi connectivity index (χ1v) is 6.05. The molecule has 0 aliphatic carbocycles. The Morgan fingerprint density at radius 3 is 2.72 bits per heavy atom. The van der Waals surface area contributed by atoms with E-state index in [1.165, 1.54) is 17.2 Å². The summed E-state index contributed by atoms with van der Waals surface area (Å²) in [5.74, 6) is 0.660. The van der Waals surface area contributed by atoms with Crippen LogP contribution in [0, 0.1) is 0 Å². The van der Waals surface area contributed by atoms with Crippen LogP contribution in [0.15, 0.2) is 17.4 Å². The zero-order valence-corrected chi connectivity index (χ0v) is 11.4. The Hall–Kier alpha value is -1.40. The van der Waals surface area contributed by atoms with Gasteiger partial charge in [0.1, 0.15) is 17.2 Å². The molecule has 2 aromatic heterocycles. The first-order valence-electron chi connectivity index (χ1n) is 5.29. The van der Waals surface area contributed by atoms with Crippen molar-refractivity contribution in [2.24, 2.45) is 0 Å². The SMILES string of the molecule is CC(C)n1ncnc1Cn1cnc(Cl)c(Cl)c1=O. The van der Waals surface area contributed by atoms with Gasteiger partial charge in [0.05, 0.1) is 12.9 Å². The summed E-state index contributed by atoms with van der Waals surface area (Å²) in [6.45, 7) is 4.21. The van der Waals surface area contributed by atoms with Crippen molar-refractivity contribution < 1.29 is 0 Å². The van der Waals surface area contributed by atoms with Gasteiger partial charge in [-0.1, -0.05) is 23.2 Å². The molecule has 0 saturated heterocycles. The molecule has 0 aromatic carbocycles. The first kappa shape index (κ1) is 13.0. The van der Waals surface area contributed by atoms with Crippen LogP contribution in [0.3, 0.4) is 0 Å². The Balaban J connectivity index is 2.38. The average molecular weight is 288 g/mol. The molecule has 8 heteroatoms. The van der Waals surface area contributed by atoms with E-state index in [0.29, 0.717) is 5.82 Å². The molecule has 0 aliphatic heterocycles. The molecule has 0 atom stereocenters. The van der Waals surface area contributed by atoms with Crippen molar-refractivity contribution >= 4 is 23.2 Å². The van der Waals surface area contributed by atoms with Gasteiger partial charge in [-0.25, -0.2) is 14.6 Å². The van der Waals surface area contributed by atoms with E-state index in [4.69, 9.17) is 23.2 Å². The molecule has 6 nitrogen and oxygen atoms in total. The third-order valence-corrected chi connectivity index (χ3v) is 3.11. The highest BCUT2D eigenvalue weighted by molar-refractivity contribution is 6.40. The fraction of sp³-hybridized carbons (Fsp3) is 0.400. The van der Waals surface area contributed by atoms with Gasteiger partial charge >= 0.3 is 0 Å². The van der Waals surface area contributed by atoms with Gasteiger partial charge in [-0.05, 0) is 13.8 Å². The lowest BCUT2D eigenvalue weighted by Crippen LogP contribution is -2.24. The van der Waals surface area contributed by atoms with E-state index in [9.17, 15) is 4.79 Å². The zero-order chi connectivity index (χ0) is 13.3. The van der Waals surface area contributed by atoms with Gasteiger partial charge in [-0.3, -0.25) is 9.36 Å². The molecular formula is C10H11Cl2N5O. The van der Waals surface area contributed by atoms with Crippen LogP contribution in [0.5, 0.6) is 0 Å². The van der Waals surface area contributed by atoms with Crippen molar-refractivity contribution in [1.29, 1.82) is 0 Å². The molecule has 0 spiro atoms. The molecule has 0 saturated carbocycles. The van der Waals surface area contributed by atoms with Crippen LogP contribution >= 0.6 is 23.2 Å². The molecule has 0 bridgehead atoms. The topological polar surface area (TPSA) is 65.6 Å². The number of hydrogen-bond donors (Lipinski definition) is 0. The molecule has 2 aromatic rings. The fourth-order valence-electron chi connectivity index (χ4n) is 1.53. The molecule has 2 rings (SSSR count). The third kappa shape index (κ3) is 2.39. The van der Waals surface area contributed by atoms with Gasteiger partial charge < -0.3 is 0 Å². The second-order valence-corrected chi connectivity index (χ2v) is 4.73. The summed E-state index contributed by atoms with van der Waals surface area (Å²) >= 11 is 11.4. The summed E-state index contributed by atoms with van der Waals surface area (Å²) in [6, 6.07) is 0.161. The van der Waals surface area contributed by atoms with E-state index in [1.54, 1.807) is 4.68 Å². The molecule has 0 N–H and O–H groups in total. The van der Waals surface area contributed by atoms with Gasteiger partial charge in [0.25, 0.3) is 5.56 Å². The van der Waals surface area contributed by atoms with Gasteiger partial charge in [0.2, 0.25) is 0 Å². The maximum atomic E-state index is 11.8. The smallest absolute Gasteiger partial charge is 0.274 e. The average Bonchev–Trinajstić information content (AvgIpc) is 2.78. The maximum absolute atomic E-state index is 11.8. The van der Waals surface area contributed by atoms with Crippen molar-refractivity contribution in [2.45, 2.75) is 26.4 Å². The van der Waals surface area contributed by atoms with Crippen molar-refractivity contribution in [3.05, 3.63) is 39.0 Å². The summed E-state index contributed by atoms with van der Waals surface area (Å²) in [5, 5.41) is 4.01. The number of nitrogens with zero attached hydrogens (tertiary/aromatic N) is 5. The van der Waals surface area contributed by atoms with Crippen molar-refractivity contribution in [3.8, 4) is 0 Å². The Kier molecular flexibility index (Phi) is 3.68. The van der Waals surface area contributed by atoms with E-state index in [1.807, 2.05) is 13.8 Å². The third-order valence-electron chi connectivity index (χ3n) is 2.39. The Bertz CT molecular complexity index is 619. The van der Waals surface area contributed by atoms with Gasteiger partial charge in [0, 0.05) is 6.04 Å². The Labute approximate surface area is 113 Å². The standard InChI is InChI=1S/C10H11Cl2N5O/c1-6(2)17-7(13-4-15-17)3-16-5-14-9(12)8(11)10(16)18/h4-6H,3H2,1-2H3. The fourth-order valence-corrected chi connectivity index (χ4v) is 1.81. The summed E-state index contributed by atoms with van der Waals surface area (Å²) < 4.78 is 3.08. The summed E-state index contributed by atoms with van der Waals surface area (Å²) in [4.78, 5) is 19.8. The van der Waals surface area contributed by atoms with Crippen LogP contribution in [-0.2, 0) is 6.54 Å². The van der Waals surface area contributed by atoms with E-state index >= 15 is 0 Å². The van der Waals surface area contributed by atoms with Crippen LogP contribution in [-0.4, -0.2) is 24.3 Å². The second kappa shape index (κ2) is 5.07. The summed E-state index contributed by atoms with van der Waals surface area (Å²) in [5.41, 5.74) is -0.394. The highest BCUT2D eigenvalue weighted by Crippen LogP contribution is 2.13. The van der Waals surface area contributed by atoms with Crippen LogP contribution in [0.1, 0.15) is 25.7 Å². The number of rotatable bonds is 3. The molecule has 18 heavy (non-hydrogen) atoms. The van der Waals surface area contributed by atoms with Crippen molar-refractivity contribution in [2.75, 3.05) is 0 Å². The second-order valence-electron chi connectivity index (χ2n) is 4.00. The van der Waals surface area contributed by atoms with Crippen molar-refractivity contribution in [1.82, 2.24) is 24.3 Å². The van der Waals surface area contributed by atoms with Gasteiger partial charge in [-0.15, -0.1) is 0 Å². The molecular weight excluding hydrogens is 277 g/mol. The molecule has 96 valence electrons.